The summed E-state index contributed by atoms with van der Waals surface area (Å²) >= 11 is 0. The minimum Gasteiger partial charge on any atom is -0.382 e. The third kappa shape index (κ3) is 5.18. The minimum atomic E-state index is -0.541. The van der Waals surface area contributed by atoms with Crippen molar-refractivity contribution in [1.29, 1.82) is 5.41 Å². The van der Waals surface area contributed by atoms with E-state index in [-0.39, 0.29) is 17.5 Å². The van der Waals surface area contributed by atoms with Gasteiger partial charge in [0.15, 0.2) is 5.78 Å². The summed E-state index contributed by atoms with van der Waals surface area (Å²) in [4.78, 5) is 18.0. The van der Waals surface area contributed by atoms with E-state index in [4.69, 9.17) is 5.41 Å². The van der Waals surface area contributed by atoms with Crippen molar-refractivity contribution >= 4 is 17.2 Å². The molecule has 164 valence electrons. The SMILES string of the molecule is CC(=O)C(=N)c1ccncc1NCCN1CCC[C@H]1C(O)NC1C[C@H]1c1ccccc1. The van der Waals surface area contributed by atoms with Gasteiger partial charge in [-0.2, -0.15) is 0 Å². The number of aliphatic hydroxyl groups is 1. The molecule has 1 aliphatic heterocycles. The van der Waals surface area contributed by atoms with Crippen LogP contribution in [-0.4, -0.2) is 64.4 Å². The van der Waals surface area contributed by atoms with Crippen molar-refractivity contribution in [2.45, 2.75) is 50.4 Å². The lowest BCUT2D eigenvalue weighted by Crippen LogP contribution is -2.49. The van der Waals surface area contributed by atoms with Crippen LogP contribution in [0.3, 0.4) is 0 Å². The first-order chi connectivity index (χ1) is 15.0. The topological polar surface area (TPSA) is 101 Å². The molecule has 4 rings (SSSR count). The fourth-order valence-electron chi connectivity index (χ4n) is 4.54. The summed E-state index contributed by atoms with van der Waals surface area (Å²) in [5.74, 6) is 0.227. The van der Waals surface area contributed by atoms with E-state index in [2.05, 4.69) is 44.8 Å². The van der Waals surface area contributed by atoms with Crippen LogP contribution in [0.1, 0.15) is 43.2 Å². The maximum absolute atomic E-state index is 11.6. The molecule has 2 fully saturated rings. The Labute approximate surface area is 183 Å². The number of likely N-dealkylation sites (tertiary alicyclic amines) is 1. The molecular formula is C24H31N5O2. The highest BCUT2D eigenvalue weighted by atomic mass is 16.3. The van der Waals surface area contributed by atoms with E-state index in [9.17, 15) is 9.90 Å². The molecule has 1 aliphatic carbocycles. The summed E-state index contributed by atoms with van der Waals surface area (Å²) in [5, 5.41) is 25.6. The molecule has 0 bridgehead atoms. The van der Waals surface area contributed by atoms with E-state index in [1.54, 1.807) is 18.5 Å². The summed E-state index contributed by atoms with van der Waals surface area (Å²) in [6.07, 6.45) is 5.83. The minimum absolute atomic E-state index is 0.0130. The van der Waals surface area contributed by atoms with Gasteiger partial charge in [0.05, 0.1) is 11.9 Å². The lowest BCUT2D eigenvalue weighted by Gasteiger charge is -2.29. The summed E-state index contributed by atoms with van der Waals surface area (Å²) in [5.41, 5.74) is 2.59. The molecule has 7 nitrogen and oxygen atoms in total. The molecule has 1 aromatic heterocycles. The molecule has 2 aromatic rings. The molecule has 0 amide bonds. The van der Waals surface area contributed by atoms with Gasteiger partial charge in [0.25, 0.3) is 0 Å². The molecule has 0 radical (unpaired) electrons. The number of aromatic nitrogens is 1. The molecular weight excluding hydrogens is 390 g/mol. The van der Waals surface area contributed by atoms with Crippen LogP contribution in [0.5, 0.6) is 0 Å². The van der Waals surface area contributed by atoms with Crippen molar-refractivity contribution in [3.05, 3.63) is 59.9 Å². The largest absolute Gasteiger partial charge is 0.382 e. The Balaban J connectivity index is 1.28. The zero-order chi connectivity index (χ0) is 21.8. The Morgan fingerprint density at radius 2 is 2.13 bits per heavy atom. The highest BCUT2D eigenvalue weighted by Gasteiger charge is 2.41. The van der Waals surface area contributed by atoms with E-state index >= 15 is 0 Å². The maximum Gasteiger partial charge on any atom is 0.178 e. The zero-order valence-corrected chi connectivity index (χ0v) is 17.9. The van der Waals surface area contributed by atoms with Crippen LogP contribution >= 0.6 is 0 Å². The van der Waals surface area contributed by atoms with Gasteiger partial charge in [-0.1, -0.05) is 30.3 Å². The Bertz CT molecular complexity index is 919. The second-order valence-corrected chi connectivity index (χ2v) is 8.50. The highest BCUT2D eigenvalue weighted by Crippen LogP contribution is 2.41. The van der Waals surface area contributed by atoms with Crippen molar-refractivity contribution in [3.8, 4) is 0 Å². The number of nitrogens with one attached hydrogen (secondary N) is 3. The van der Waals surface area contributed by atoms with Gasteiger partial charge in [-0.05, 0) is 37.4 Å². The summed E-state index contributed by atoms with van der Waals surface area (Å²) in [6, 6.07) is 12.6. The lowest BCUT2D eigenvalue weighted by atomic mass is 10.1. The molecule has 2 heterocycles. The fourth-order valence-corrected chi connectivity index (χ4v) is 4.54. The van der Waals surface area contributed by atoms with E-state index < -0.39 is 6.23 Å². The molecule has 4 N–H and O–H groups in total. The zero-order valence-electron chi connectivity index (χ0n) is 17.9. The summed E-state index contributed by atoms with van der Waals surface area (Å²) in [6.45, 7) is 3.79. The molecule has 1 saturated heterocycles. The van der Waals surface area contributed by atoms with Gasteiger partial charge in [0, 0.05) is 49.8 Å². The van der Waals surface area contributed by atoms with Crippen molar-refractivity contribution in [3.63, 3.8) is 0 Å². The van der Waals surface area contributed by atoms with Gasteiger partial charge >= 0.3 is 0 Å². The first-order valence-corrected chi connectivity index (χ1v) is 11.1. The predicted octanol–water partition coefficient (Wildman–Crippen LogP) is 2.38. The first kappa shape index (κ1) is 21.6. The van der Waals surface area contributed by atoms with E-state index in [0.717, 1.165) is 32.4 Å². The molecule has 31 heavy (non-hydrogen) atoms. The number of rotatable bonds is 10. The van der Waals surface area contributed by atoms with Gasteiger partial charge < -0.3 is 10.4 Å². The first-order valence-electron chi connectivity index (χ1n) is 11.1. The molecule has 2 unspecified atom stereocenters. The fraction of sp³-hybridized carbons (Fsp3) is 0.458. The van der Waals surface area contributed by atoms with E-state index in [1.165, 1.54) is 12.5 Å². The number of hydrogen-bond acceptors (Lipinski definition) is 7. The Morgan fingerprint density at radius 1 is 1.32 bits per heavy atom. The maximum atomic E-state index is 11.6. The lowest BCUT2D eigenvalue weighted by molar-refractivity contribution is -0.111. The third-order valence-electron chi connectivity index (χ3n) is 6.34. The van der Waals surface area contributed by atoms with Crippen LogP contribution in [-0.2, 0) is 4.79 Å². The molecule has 1 saturated carbocycles. The van der Waals surface area contributed by atoms with Crippen LogP contribution < -0.4 is 10.6 Å². The predicted molar refractivity (Wildman–Crippen MR) is 122 cm³/mol. The average molecular weight is 422 g/mol. The molecule has 0 spiro atoms. The molecule has 7 heteroatoms. The second-order valence-electron chi connectivity index (χ2n) is 8.50. The van der Waals surface area contributed by atoms with Crippen molar-refractivity contribution in [1.82, 2.24) is 15.2 Å². The Morgan fingerprint density at radius 3 is 2.90 bits per heavy atom. The summed E-state index contributed by atoms with van der Waals surface area (Å²) < 4.78 is 0. The number of ketones is 1. The number of Topliss-reactive ketones (excluding diaryl/α,β-unsaturated/α-hetero) is 1. The number of pyridine rings is 1. The average Bonchev–Trinajstić information content (AvgIpc) is 3.38. The van der Waals surface area contributed by atoms with Crippen molar-refractivity contribution in [2.75, 3.05) is 25.0 Å². The number of benzene rings is 1. The second kappa shape index (κ2) is 9.68. The smallest absolute Gasteiger partial charge is 0.178 e. The number of hydrogen-bond donors (Lipinski definition) is 4. The standard InChI is InChI=1S/C24H31N5O2/c1-16(30)23(25)18-9-10-26-15-21(18)27-11-13-29-12-5-8-22(29)24(31)28-20-14-19(20)17-6-3-2-4-7-17/h2-4,6-7,9-10,15,19-20,22,24-25,27-28,31H,5,8,11-14H2,1H3/t19-,20?,22-,24?/m0/s1. The Kier molecular flexibility index (Phi) is 6.75. The monoisotopic (exact) mass is 421 g/mol. The van der Waals surface area contributed by atoms with E-state index in [1.807, 2.05) is 6.07 Å². The van der Waals surface area contributed by atoms with Crippen molar-refractivity contribution in [2.24, 2.45) is 0 Å². The van der Waals surface area contributed by atoms with Gasteiger partial charge in [0.1, 0.15) is 11.9 Å². The van der Waals surface area contributed by atoms with Crippen LogP contribution in [0.25, 0.3) is 0 Å². The van der Waals surface area contributed by atoms with Crippen LogP contribution in [0.2, 0.25) is 0 Å². The summed E-state index contributed by atoms with van der Waals surface area (Å²) in [7, 11) is 0. The number of aliphatic hydroxyl groups excluding tert-OH is 1. The van der Waals surface area contributed by atoms with Crippen molar-refractivity contribution < 1.29 is 9.90 Å². The third-order valence-corrected chi connectivity index (χ3v) is 6.34. The molecule has 2 aliphatic rings. The number of anilines is 1. The number of nitrogens with zero attached hydrogens (tertiary/aromatic N) is 2. The Hall–Kier alpha value is -2.61. The van der Waals surface area contributed by atoms with E-state index in [0.29, 0.717) is 29.8 Å². The highest BCUT2D eigenvalue weighted by molar-refractivity contribution is 6.45. The van der Waals surface area contributed by atoms with Crippen LogP contribution in [0.4, 0.5) is 5.69 Å². The quantitative estimate of drug-likeness (QED) is 0.347. The number of carbonyl (C=O) groups excluding carboxylic acids is 1. The number of carbonyl (C=O) groups is 1. The molecule has 1 aromatic carbocycles. The van der Waals surface area contributed by atoms with Gasteiger partial charge in [0.2, 0.25) is 0 Å². The van der Waals surface area contributed by atoms with Crippen LogP contribution in [0.15, 0.2) is 48.8 Å². The molecule has 4 atom stereocenters. The van der Waals surface area contributed by atoms with Crippen LogP contribution in [0, 0.1) is 5.41 Å². The van der Waals surface area contributed by atoms with Gasteiger partial charge in [-0.25, -0.2) is 0 Å². The normalized spacial score (nSPS) is 24.0. The van der Waals surface area contributed by atoms with Gasteiger partial charge in [-0.15, -0.1) is 0 Å². The van der Waals surface area contributed by atoms with Gasteiger partial charge in [-0.3, -0.25) is 25.4 Å².